The molecule has 8 nitrogen and oxygen atoms in total. The molecule has 1 saturated carbocycles. The fraction of sp³-hybridized carbons (Fsp3) is 0.692. The van der Waals surface area contributed by atoms with Crippen molar-refractivity contribution in [3.8, 4) is 12.3 Å². The van der Waals surface area contributed by atoms with Gasteiger partial charge in [0.1, 0.15) is 6.04 Å². The van der Waals surface area contributed by atoms with Crippen molar-refractivity contribution in [1.29, 1.82) is 0 Å². The largest absolute Gasteiger partial charge is 0.346 e. The number of nitrogens with one attached hydrogen (secondary N) is 3. The number of terminal acetylenes is 1. The predicted molar refractivity (Wildman–Crippen MR) is 132 cm³/mol. The zero-order valence-corrected chi connectivity index (χ0v) is 20.7. The van der Waals surface area contributed by atoms with Crippen LogP contribution in [-0.2, 0) is 19.2 Å². The molecule has 0 bridgehead atoms. The summed E-state index contributed by atoms with van der Waals surface area (Å²) in [5.41, 5.74) is -0.148. The van der Waals surface area contributed by atoms with Crippen LogP contribution in [0, 0.1) is 17.8 Å². The molecule has 3 N–H and O–H groups in total. The topological polar surface area (TPSA) is 108 Å². The van der Waals surface area contributed by atoms with E-state index in [1.54, 1.807) is 11.9 Å². The maximum absolute atomic E-state index is 13.6. The smallest absolute Gasteiger partial charge is 0.289 e. The lowest BCUT2D eigenvalue weighted by Crippen LogP contribution is -2.58. The molecule has 3 amide bonds. The molecule has 8 heteroatoms. The molecule has 2 rings (SSSR count). The first-order chi connectivity index (χ1) is 16.3. The number of carbonyl (C=O) groups excluding carboxylic acids is 4. The van der Waals surface area contributed by atoms with Gasteiger partial charge < -0.3 is 20.9 Å². The molecule has 1 heterocycles. The molecule has 2 fully saturated rings. The first-order valence-electron chi connectivity index (χ1n) is 12.4. The first-order valence-corrected chi connectivity index (χ1v) is 12.4. The summed E-state index contributed by atoms with van der Waals surface area (Å²) in [4.78, 5) is 53.4. The molecule has 2 aliphatic rings. The normalized spacial score (nSPS) is 21.1. The Kier molecular flexibility index (Phi) is 10.8. The van der Waals surface area contributed by atoms with Gasteiger partial charge in [0, 0.05) is 19.5 Å². The van der Waals surface area contributed by atoms with E-state index in [1.807, 2.05) is 0 Å². The van der Waals surface area contributed by atoms with Crippen molar-refractivity contribution in [2.45, 2.75) is 89.3 Å². The van der Waals surface area contributed by atoms with E-state index in [2.05, 4.69) is 35.4 Å². The van der Waals surface area contributed by atoms with Crippen LogP contribution in [0.2, 0.25) is 0 Å². The second kappa shape index (κ2) is 13.3. The lowest BCUT2D eigenvalue weighted by molar-refractivity contribution is -0.144. The van der Waals surface area contributed by atoms with E-state index in [0.29, 0.717) is 32.2 Å². The summed E-state index contributed by atoms with van der Waals surface area (Å²) >= 11 is 0. The molecule has 1 aliphatic carbocycles. The Bertz CT molecular complexity index is 797. The van der Waals surface area contributed by atoms with Gasteiger partial charge in [-0.3, -0.25) is 19.2 Å². The average molecular weight is 473 g/mol. The summed E-state index contributed by atoms with van der Waals surface area (Å²) in [7, 11) is 1.80. The molecule has 34 heavy (non-hydrogen) atoms. The fourth-order valence-corrected chi connectivity index (χ4v) is 5.24. The van der Waals surface area contributed by atoms with Gasteiger partial charge in [0.15, 0.2) is 0 Å². The molecule has 0 aromatic carbocycles. The summed E-state index contributed by atoms with van der Waals surface area (Å²) in [5, 5.41) is 8.43. The van der Waals surface area contributed by atoms with Crippen LogP contribution in [0.1, 0.15) is 71.1 Å². The van der Waals surface area contributed by atoms with Crippen molar-refractivity contribution in [1.82, 2.24) is 20.9 Å². The molecule has 1 saturated heterocycles. The number of Topliss-reactive ketones (excluding diaryl/α,β-unsaturated/α-hetero) is 1. The van der Waals surface area contributed by atoms with Crippen LogP contribution in [0.15, 0.2) is 12.7 Å². The predicted octanol–water partition coefficient (Wildman–Crippen LogP) is 1.70. The van der Waals surface area contributed by atoms with Crippen LogP contribution >= 0.6 is 0 Å². The Morgan fingerprint density at radius 2 is 1.91 bits per heavy atom. The van der Waals surface area contributed by atoms with Gasteiger partial charge in [-0.1, -0.05) is 32.3 Å². The van der Waals surface area contributed by atoms with E-state index in [1.165, 1.54) is 12.5 Å². The molecule has 3 unspecified atom stereocenters. The van der Waals surface area contributed by atoms with Crippen molar-refractivity contribution in [3.05, 3.63) is 12.7 Å². The monoisotopic (exact) mass is 472 g/mol. The van der Waals surface area contributed by atoms with E-state index in [0.717, 1.165) is 25.7 Å². The van der Waals surface area contributed by atoms with Gasteiger partial charge in [0.05, 0.1) is 12.1 Å². The summed E-state index contributed by atoms with van der Waals surface area (Å²) < 4.78 is 0. The minimum Gasteiger partial charge on any atom is -0.346 e. The third-order valence-electron chi connectivity index (χ3n) is 7.14. The van der Waals surface area contributed by atoms with Gasteiger partial charge in [-0.25, -0.2) is 0 Å². The Hall–Kier alpha value is -2.66. The number of ketones is 1. The molecule has 0 aromatic heterocycles. The molecule has 0 spiro atoms. The standard InChI is InChI=1S/C26H40N4O4/c1-5-7-9-13-19(21(31)24(33)28-17-6-2)29-23(32)20-14-12-18-30(20)25(34)22(27-4)26(3)15-10-8-11-16-26/h1,6,19-20,22,27H,2,7-18H2,3-4H3,(H,28,33)(H,29,32). The Labute approximate surface area is 203 Å². The summed E-state index contributed by atoms with van der Waals surface area (Å²) in [5.74, 6) is 0.558. The maximum Gasteiger partial charge on any atom is 0.289 e. The third kappa shape index (κ3) is 6.92. The van der Waals surface area contributed by atoms with Gasteiger partial charge in [0.25, 0.3) is 5.91 Å². The van der Waals surface area contributed by atoms with Gasteiger partial charge in [-0.15, -0.1) is 18.9 Å². The highest BCUT2D eigenvalue weighted by Gasteiger charge is 2.45. The van der Waals surface area contributed by atoms with E-state index in [4.69, 9.17) is 6.42 Å². The number of unbranched alkanes of at least 4 members (excludes halogenated alkanes) is 1. The van der Waals surface area contributed by atoms with Crippen molar-refractivity contribution < 1.29 is 19.2 Å². The van der Waals surface area contributed by atoms with E-state index >= 15 is 0 Å². The lowest BCUT2D eigenvalue weighted by Gasteiger charge is -2.42. The zero-order valence-electron chi connectivity index (χ0n) is 20.7. The van der Waals surface area contributed by atoms with Crippen molar-refractivity contribution in [3.63, 3.8) is 0 Å². The molecule has 3 atom stereocenters. The molecule has 188 valence electrons. The number of rotatable bonds is 12. The van der Waals surface area contributed by atoms with Crippen LogP contribution in [-0.4, -0.2) is 66.7 Å². The molecular weight excluding hydrogens is 432 g/mol. The second-order valence-corrected chi connectivity index (χ2v) is 9.65. The Morgan fingerprint density at radius 1 is 1.21 bits per heavy atom. The Balaban J connectivity index is 2.13. The molecule has 0 radical (unpaired) electrons. The number of hydrogen-bond acceptors (Lipinski definition) is 5. The molecule has 0 aromatic rings. The van der Waals surface area contributed by atoms with E-state index in [9.17, 15) is 19.2 Å². The number of nitrogens with zero attached hydrogens (tertiary/aromatic N) is 1. The quantitative estimate of drug-likeness (QED) is 0.173. The third-order valence-corrected chi connectivity index (χ3v) is 7.14. The summed E-state index contributed by atoms with van der Waals surface area (Å²) in [6, 6.07) is -2.01. The van der Waals surface area contributed by atoms with Crippen molar-refractivity contribution >= 4 is 23.5 Å². The highest BCUT2D eigenvalue weighted by atomic mass is 16.2. The average Bonchev–Trinajstić information content (AvgIpc) is 3.32. The Morgan fingerprint density at radius 3 is 2.53 bits per heavy atom. The van der Waals surface area contributed by atoms with Crippen LogP contribution in [0.4, 0.5) is 0 Å². The fourth-order valence-electron chi connectivity index (χ4n) is 5.24. The highest BCUT2D eigenvalue weighted by molar-refractivity contribution is 6.38. The van der Waals surface area contributed by atoms with Crippen LogP contribution < -0.4 is 16.0 Å². The zero-order chi connectivity index (χ0) is 25.1. The number of likely N-dealkylation sites (N-methyl/N-ethyl adjacent to an activating group) is 1. The van der Waals surface area contributed by atoms with Gasteiger partial charge in [-0.2, -0.15) is 0 Å². The minimum absolute atomic E-state index is 0.0662. The van der Waals surface area contributed by atoms with Crippen LogP contribution in [0.3, 0.4) is 0 Å². The van der Waals surface area contributed by atoms with E-state index < -0.39 is 29.7 Å². The van der Waals surface area contributed by atoms with Crippen LogP contribution in [0.25, 0.3) is 0 Å². The SMILES string of the molecule is C#CCCCC(NC(=O)C1CCCN1C(=O)C(NC)C1(C)CCCCC1)C(=O)C(=O)NCC=C. The molecule has 1 aliphatic heterocycles. The maximum atomic E-state index is 13.6. The lowest BCUT2D eigenvalue weighted by atomic mass is 9.70. The second-order valence-electron chi connectivity index (χ2n) is 9.65. The number of amides is 3. The van der Waals surface area contributed by atoms with Gasteiger partial charge in [-0.05, 0) is 51.0 Å². The van der Waals surface area contributed by atoms with E-state index in [-0.39, 0.29) is 30.3 Å². The van der Waals surface area contributed by atoms with Crippen molar-refractivity contribution in [2.24, 2.45) is 5.41 Å². The number of likely N-dealkylation sites (tertiary alicyclic amines) is 1. The number of carbonyl (C=O) groups is 4. The summed E-state index contributed by atoms with van der Waals surface area (Å²) in [6.45, 7) is 6.33. The first kappa shape index (κ1) is 27.6. The highest BCUT2D eigenvalue weighted by Crippen LogP contribution is 2.40. The number of hydrogen-bond donors (Lipinski definition) is 3. The summed E-state index contributed by atoms with van der Waals surface area (Å²) in [6.07, 6.45) is 14.6. The minimum atomic E-state index is -0.987. The van der Waals surface area contributed by atoms with Crippen LogP contribution in [0.5, 0.6) is 0 Å². The van der Waals surface area contributed by atoms with Gasteiger partial charge in [0.2, 0.25) is 17.6 Å². The van der Waals surface area contributed by atoms with Crippen molar-refractivity contribution in [2.75, 3.05) is 20.1 Å². The van der Waals surface area contributed by atoms with Gasteiger partial charge >= 0.3 is 0 Å². The molecular formula is C26H40N4O4.